The summed E-state index contributed by atoms with van der Waals surface area (Å²) in [6.45, 7) is 3.86. The topological polar surface area (TPSA) is 105 Å². The number of carbonyl (C=O) groups excluding carboxylic acids is 2. The Bertz CT molecular complexity index is 1270. The largest absolute Gasteiger partial charge is 0.452 e. The summed E-state index contributed by atoms with van der Waals surface area (Å²) in [7, 11) is -0.922. The van der Waals surface area contributed by atoms with E-state index in [1.165, 1.54) is 36.3 Å². The number of benzene rings is 3. The van der Waals surface area contributed by atoms with Gasteiger partial charge in [-0.15, -0.1) is 0 Å². The van der Waals surface area contributed by atoms with Crippen molar-refractivity contribution in [2.45, 2.75) is 18.7 Å². The molecule has 0 aliphatic heterocycles. The van der Waals surface area contributed by atoms with Gasteiger partial charge in [0.15, 0.2) is 0 Å². The molecular formula is C24H25N3O5S. The summed E-state index contributed by atoms with van der Waals surface area (Å²) in [5.41, 5.74) is 3.95. The average Bonchev–Trinajstić information content (AvgIpc) is 2.81. The van der Waals surface area contributed by atoms with Crippen molar-refractivity contribution in [3.63, 3.8) is 0 Å². The SMILES string of the molecule is COC(=O)N(C)c1ccc(NC(=O)c2ccc(S(=O)(=O)Nc3ccc(C)c(C)c3)cc2)cc1. The molecular weight excluding hydrogens is 442 g/mol. The predicted molar refractivity (Wildman–Crippen MR) is 128 cm³/mol. The van der Waals surface area contributed by atoms with Gasteiger partial charge in [-0.3, -0.25) is 14.4 Å². The van der Waals surface area contributed by atoms with Crippen LogP contribution >= 0.6 is 0 Å². The van der Waals surface area contributed by atoms with E-state index in [1.54, 1.807) is 43.4 Å². The number of anilines is 3. The second kappa shape index (κ2) is 9.74. The lowest BCUT2D eigenvalue weighted by atomic mass is 10.1. The number of methoxy groups -OCH3 is 1. The van der Waals surface area contributed by atoms with Gasteiger partial charge in [0, 0.05) is 29.7 Å². The van der Waals surface area contributed by atoms with E-state index in [0.29, 0.717) is 22.6 Å². The fourth-order valence-corrected chi connectivity index (χ4v) is 4.07. The van der Waals surface area contributed by atoms with Crippen molar-refractivity contribution in [1.82, 2.24) is 0 Å². The first-order valence-corrected chi connectivity index (χ1v) is 11.5. The zero-order chi connectivity index (χ0) is 24.2. The van der Waals surface area contributed by atoms with Crippen LogP contribution in [0.15, 0.2) is 71.6 Å². The highest BCUT2D eigenvalue weighted by molar-refractivity contribution is 7.92. The van der Waals surface area contributed by atoms with Gasteiger partial charge >= 0.3 is 6.09 Å². The Kier molecular flexibility index (Phi) is 7.03. The number of aryl methyl sites for hydroxylation is 2. The quantitative estimate of drug-likeness (QED) is 0.553. The van der Waals surface area contributed by atoms with Crippen molar-refractivity contribution in [3.05, 3.63) is 83.4 Å². The molecule has 2 amide bonds. The first-order chi connectivity index (χ1) is 15.6. The van der Waals surface area contributed by atoms with E-state index in [9.17, 15) is 18.0 Å². The molecule has 8 nitrogen and oxygen atoms in total. The van der Waals surface area contributed by atoms with Crippen molar-refractivity contribution in [1.29, 1.82) is 0 Å². The van der Waals surface area contributed by atoms with Crippen LogP contribution in [0.3, 0.4) is 0 Å². The predicted octanol–water partition coefficient (Wildman–Crippen LogP) is 4.56. The van der Waals surface area contributed by atoms with Gasteiger partial charge in [-0.25, -0.2) is 13.2 Å². The smallest absolute Gasteiger partial charge is 0.413 e. The molecule has 9 heteroatoms. The number of amides is 2. The van der Waals surface area contributed by atoms with Gasteiger partial charge in [0.05, 0.1) is 12.0 Å². The number of nitrogens with zero attached hydrogens (tertiary/aromatic N) is 1. The number of nitrogens with one attached hydrogen (secondary N) is 2. The lowest BCUT2D eigenvalue weighted by Gasteiger charge is -2.16. The van der Waals surface area contributed by atoms with Crippen LogP contribution in [0.1, 0.15) is 21.5 Å². The molecule has 0 aromatic heterocycles. The Balaban J connectivity index is 1.68. The Labute approximate surface area is 193 Å². The minimum absolute atomic E-state index is 0.0486. The van der Waals surface area contributed by atoms with E-state index in [0.717, 1.165) is 11.1 Å². The third kappa shape index (κ3) is 5.69. The van der Waals surface area contributed by atoms with Gasteiger partial charge in [-0.05, 0) is 85.6 Å². The summed E-state index contributed by atoms with van der Waals surface area (Å²) in [6, 6.07) is 17.6. The first kappa shape index (κ1) is 23.8. The molecule has 0 aliphatic carbocycles. The zero-order valence-electron chi connectivity index (χ0n) is 18.7. The maximum Gasteiger partial charge on any atom is 0.413 e. The molecule has 3 rings (SSSR count). The summed E-state index contributed by atoms with van der Waals surface area (Å²) in [5.74, 6) is -0.393. The Morgan fingerprint density at radius 2 is 1.45 bits per heavy atom. The number of rotatable bonds is 6. The zero-order valence-corrected chi connectivity index (χ0v) is 19.6. The fourth-order valence-electron chi connectivity index (χ4n) is 3.02. The first-order valence-electron chi connectivity index (χ1n) is 10.0. The second-order valence-electron chi connectivity index (χ2n) is 7.46. The molecule has 0 fully saturated rings. The van der Waals surface area contributed by atoms with Crippen LogP contribution in [0, 0.1) is 13.8 Å². The Morgan fingerprint density at radius 1 is 0.848 bits per heavy atom. The molecule has 3 aromatic carbocycles. The van der Waals surface area contributed by atoms with Gasteiger partial charge in [0.1, 0.15) is 0 Å². The average molecular weight is 468 g/mol. The summed E-state index contributed by atoms with van der Waals surface area (Å²) >= 11 is 0. The van der Waals surface area contributed by atoms with Crippen LogP contribution in [0.5, 0.6) is 0 Å². The van der Waals surface area contributed by atoms with Crippen LogP contribution in [0.25, 0.3) is 0 Å². The molecule has 172 valence electrons. The highest BCUT2D eigenvalue weighted by Crippen LogP contribution is 2.21. The molecule has 0 atom stereocenters. The van der Waals surface area contributed by atoms with E-state index in [4.69, 9.17) is 0 Å². The van der Waals surface area contributed by atoms with Gasteiger partial charge in [-0.1, -0.05) is 6.07 Å². The fraction of sp³-hybridized carbons (Fsp3) is 0.167. The maximum absolute atomic E-state index is 12.7. The summed E-state index contributed by atoms with van der Waals surface area (Å²) < 4.78 is 32.6. The van der Waals surface area contributed by atoms with E-state index < -0.39 is 22.0 Å². The number of hydrogen-bond donors (Lipinski definition) is 2. The molecule has 0 spiro atoms. The third-order valence-electron chi connectivity index (χ3n) is 5.15. The molecule has 0 aliphatic rings. The molecule has 0 unspecified atom stereocenters. The van der Waals surface area contributed by atoms with Gasteiger partial charge in [0.2, 0.25) is 0 Å². The number of ether oxygens (including phenoxy) is 1. The van der Waals surface area contributed by atoms with Crippen LogP contribution in [-0.4, -0.2) is 34.6 Å². The van der Waals surface area contributed by atoms with Crippen LogP contribution < -0.4 is 14.9 Å². The molecule has 0 bridgehead atoms. The van der Waals surface area contributed by atoms with Crippen LogP contribution in [-0.2, 0) is 14.8 Å². The number of hydrogen-bond acceptors (Lipinski definition) is 5. The summed E-state index contributed by atoms with van der Waals surface area (Å²) in [6.07, 6.45) is -0.506. The minimum atomic E-state index is -3.79. The molecule has 0 radical (unpaired) electrons. The normalized spacial score (nSPS) is 10.9. The van der Waals surface area contributed by atoms with Crippen molar-refractivity contribution in [2.75, 3.05) is 29.1 Å². The van der Waals surface area contributed by atoms with E-state index >= 15 is 0 Å². The lowest BCUT2D eigenvalue weighted by Crippen LogP contribution is -2.25. The van der Waals surface area contributed by atoms with Crippen molar-refractivity contribution < 1.29 is 22.7 Å². The standard InChI is InChI=1S/C24H25N3O5S/c1-16-5-8-20(15-17(16)2)26-33(30,31)22-13-6-18(7-14-22)23(28)25-19-9-11-21(12-10-19)27(3)24(29)32-4/h5-15,26H,1-4H3,(H,25,28). The second-order valence-corrected chi connectivity index (χ2v) is 9.14. The van der Waals surface area contributed by atoms with E-state index in [1.807, 2.05) is 19.9 Å². The van der Waals surface area contributed by atoms with E-state index in [-0.39, 0.29) is 4.90 Å². The molecule has 33 heavy (non-hydrogen) atoms. The van der Waals surface area contributed by atoms with Crippen LogP contribution in [0.2, 0.25) is 0 Å². The third-order valence-corrected chi connectivity index (χ3v) is 6.54. The number of sulfonamides is 1. The highest BCUT2D eigenvalue weighted by atomic mass is 32.2. The highest BCUT2D eigenvalue weighted by Gasteiger charge is 2.16. The van der Waals surface area contributed by atoms with Crippen molar-refractivity contribution in [2.24, 2.45) is 0 Å². The monoisotopic (exact) mass is 467 g/mol. The van der Waals surface area contributed by atoms with Crippen molar-refractivity contribution >= 4 is 39.1 Å². The minimum Gasteiger partial charge on any atom is -0.452 e. The van der Waals surface area contributed by atoms with Crippen LogP contribution in [0.4, 0.5) is 21.9 Å². The summed E-state index contributed by atoms with van der Waals surface area (Å²) in [4.78, 5) is 25.5. The summed E-state index contributed by atoms with van der Waals surface area (Å²) in [5, 5.41) is 2.74. The van der Waals surface area contributed by atoms with Crippen molar-refractivity contribution in [3.8, 4) is 0 Å². The molecule has 0 saturated carbocycles. The Morgan fingerprint density at radius 3 is 2.03 bits per heavy atom. The van der Waals surface area contributed by atoms with Gasteiger partial charge in [-0.2, -0.15) is 0 Å². The molecule has 0 saturated heterocycles. The molecule has 2 N–H and O–H groups in total. The van der Waals surface area contributed by atoms with E-state index in [2.05, 4.69) is 14.8 Å². The van der Waals surface area contributed by atoms with Gasteiger partial charge < -0.3 is 10.1 Å². The molecule has 0 heterocycles. The Hall–Kier alpha value is -3.85. The molecule has 3 aromatic rings. The number of carbonyl (C=O) groups is 2. The maximum atomic E-state index is 12.7. The van der Waals surface area contributed by atoms with Gasteiger partial charge in [0.25, 0.3) is 15.9 Å². The lowest BCUT2D eigenvalue weighted by molar-refractivity contribution is 0.102.